The zero-order valence-electron chi connectivity index (χ0n) is 12.3. The van der Waals surface area contributed by atoms with Crippen LogP contribution in [-0.4, -0.2) is 17.9 Å². The predicted molar refractivity (Wildman–Crippen MR) is 85.7 cm³/mol. The fraction of sp³-hybridized carbons (Fsp3) is 0.812. The van der Waals surface area contributed by atoms with Gasteiger partial charge in [-0.05, 0) is 38.5 Å². The van der Waals surface area contributed by atoms with E-state index in [0.29, 0.717) is 13.0 Å². The van der Waals surface area contributed by atoms with E-state index in [9.17, 15) is 4.79 Å². The van der Waals surface area contributed by atoms with E-state index in [2.05, 4.69) is 35.0 Å². The minimum absolute atomic E-state index is 0.0235. The molecule has 0 N–H and O–H groups in total. The van der Waals surface area contributed by atoms with Crippen LogP contribution in [0.25, 0.3) is 0 Å². The number of allylic oxidation sites excluding steroid dienone is 2. The number of halogens is 1. The molecule has 0 unspecified atom stereocenters. The second-order valence-corrected chi connectivity index (χ2v) is 5.60. The quantitative estimate of drug-likeness (QED) is 0.195. The molecule has 19 heavy (non-hydrogen) atoms. The zero-order chi connectivity index (χ0) is 14.2. The monoisotopic (exact) mass is 332 g/mol. The van der Waals surface area contributed by atoms with Crippen molar-refractivity contribution in [3.8, 4) is 0 Å². The summed E-state index contributed by atoms with van der Waals surface area (Å²) in [6.07, 6.45) is 15.1. The third-order valence-corrected chi connectivity index (χ3v) is 3.51. The molecule has 112 valence electrons. The maximum Gasteiger partial charge on any atom is 0.305 e. The maximum absolute atomic E-state index is 11.4. The molecule has 0 rings (SSSR count). The number of unbranched alkanes of at least 4 members (excludes halogenated alkanes) is 6. The number of carbonyl (C=O) groups is 1. The Morgan fingerprint density at radius 2 is 1.74 bits per heavy atom. The molecule has 0 radical (unpaired) electrons. The topological polar surface area (TPSA) is 26.3 Å². The molecule has 0 bridgehead atoms. The summed E-state index contributed by atoms with van der Waals surface area (Å²) < 4.78 is 5.21. The average Bonchev–Trinajstić information content (AvgIpc) is 2.41. The smallest absolute Gasteiger partial charge is 0.305 e. The highest BCUT2D eigenvalue weighted by atomic mass is 79.9. The van der Waals surface area contributed by atoms with Crippen molar-refractivity contribution < 1.29 is 9.53 Å². The van der Waals surface area contributed by atoms with Crippen molar-refractivity contribution in [1.82, 2.24) is 0 Å². The van der Waals surface area contributed by atoms with E-state index in [1.165, 1.54) is 19.3 Å². The molecule has 0 atom stereocenters. The van der Waals surface area contributed by atoms with Gasteiger partial charge in [-0.2, -0.15) is 0 Å². The third-order valence-electron chi connectivity index (χ3n) is 2.95. The lowest BCUT2D eigenvalue weighted by Crippen LogP contribution is -2.05. The molecular formula is C16H29BrO2. The van der Waals surface area contributed by atoms with Crippen LogP contribution in [0.3, 0.4) is 0 Å². The summed E-state index contributed by atoms with van der Waals surface area (Å²) in [7, 11) is 0. The molecule has 0 aromatic rings. The Morgan fingerprint density at radius 1 is 1.00 bits per heavy atom. The fourth-order valence-electron chi connectivity index (χ4n) is 1.80. The number of rotatable bonds is 13. The Morgan fingerprint density at radius 3 is 2.47 bits per heavy atom. The highest BCUT2D eigenvalue weighted by molar-refractivity contribution is 9.09. The Balaban J connectivity index is 3.19. The van der Waals surface area contributed by atoms with Crippen molar-refractivity contribution in [2.75, 3.05) is 11.9 Å². The first kappa shape index (κ1) is 18.7. The molecule has 0 saturated carbocycles. The van der Waals surface area contributed by atoms with Crippen LogP contribution >= 0.6 is 15.9 Å². The largest absolute Gasteiger partial charge is 0.466 e. The average molecular weight is 333 g/mol. The molecule has 0 aromatic heterocycles. The summed E-state index contributed by atoms with van der Waals surface area (Å²) in [6, 6.07) is 0. The van der Waals surface area contributed by atoms with E-state index in [-0.39, 0.29) is 5.97 Å². The highest BCUT2D eigenvalue weighted by Gasteiger charge is 2.01. The molecule has 0 aliphatic rings. The van der Waals surface area contributed by atoms with Gasteiger partial charge in [0.1, 0.15) is 0 Å². The number of alkyl halides is 1. The fourth-order valence-corrected chi connectivity index (χ4v) is 2.20. The zero-order valence-corrected chi connectivity index (χ0v) is 13.9. The van der Waals surface area contributed by atoms with Crippen LogP contribution in [0.1, 0.15) is 71.1 Å². The first-order chi connectivity index (χ1) is 9.31. The molecule has 0 saturated heterocycles. The van der Waals surface area contributed by atoms with E-state index < -0.39 is 0 Å². The molecule has 0 fully saturated rings. The number of ether oxygens (including phenoxy) is 1. The van der Waals surface area contributed by atoms with Gasteiger partial charge in [0.25, 0.3) is 0 Å². The number of esters is 1. The van der Waals surface area contributed by atoms with Gasteiger partial charge in [0.15, 0.2) is 0 Å². The van der Waals surface area contributed by atoms with Crippen LogP contribution in [0, 0.1) is 0 Å². The van der Waals surface area contributed by atoms with Crippen molar-refractivity contribution in [2.45, 2.75) is 71.1 Å². The van der Waals surface area contributed by atoms with Gasteiger partial charge in [-0.1, -0.05) is 54.3 Å². The summed E-state index contributed by atoms with van der Waals surface area (Å²) >= 11 is 3.42. The number of hydrogen-bond acceptors (Lipinski definition) is 2. The van der Waals surface area contributed by atoms with Crippen LogP contribution < -0.4 is 0 Å². The summed E-state index contributed by atoms with van der Waals surface area (Å²) in [6.45, 7) is 2.72. The minimum Gasteiger partial charge on any atom is -0.466 e. The maximum atomic E-state index is 11.4. The Bertz CT molecular complexity index is 227. The number of hydrogen-bond donors (Lipinski definition) is 0. The van der Waals surface area contributed by atoms with Crippen molar-refractivity contribution in [3.63, 3.8) is 0 Å². The van der Waals surface area contributed by atoms with E-state index in [0.717, 1.165) is 43.9 Å². The second kappa shape index (κ2) is 15.7. The van der Waals surface area contributed by atoms with Gasteiger partial charge in [-0.3, -0.25) is 4.79 Å². The van der Waals surface area contributed by atoms with Gasteiger partial charge >= 0.3 is 5.97 Å². The molecule has 2 nitrogen and oxygen atoms in total. The van der Waals surface area contributed by atoms with Crippen molar-refractivity contribution in [2.24, 2.45) is 0 Å². The molecule has 0 spiro atoms. The first-order valence-corrected chi connectivity index (χ1v) is 8.80. The number of carbonyl (C=O) groups excluding carboxylic acids is 1. The summed E-state index contributed by atoms with van der Waals surface area (Å²) in [5, 5.41) is 1.09. The van der Waals surface area contributed by atoms with Gasteiger partial charge in [0.2, 0.25) is 0 Å². The highest BCUT2D eigenvalue weighted by Crippen LogP contribution is 2.07. The summed E-state index contributed by atoms with van der Waals surface area (Å²) in [5.41, 5.74) is 0. The lowest BCUT2D eigenvalue weighted by molar-refractivity contribution is -0.143. The Labute approximate surface area is 127 Å². The molecule has 0 heterocycles. The van der Waals surface area contributed by atoms with Crippen LogP contribution in [0.2, 0.25) is 0 Å². The summed E-state index contributed by atoms with van der Waals surface area (Å²) in [4.78, 5) is 11.4. The molecule has 3 heteroatoms. The molecule has 0 aromatic carbocycles. The lowest BCUT2D eigenvalue weighted by atomic mass is 10.1. The van der Waals surface area contributed by atoms with Crippen LogP contribution in [0.5, 0.6) is 0 Å². The van der Waals surface area contributed by atoms with Gasteiger partial charge in [-0.15, -0.1) is 0 Å². The van der Waals surface area contributed by atoms with E-state index in [4.69, 9.17) is 4.74 Å². The SMILES string of the molecule is CC/C=C\CCCCOC(=O)CCCCCCCBr. The Hall–Kier alpha value is -0.310. The molecular weight excluding hydrogens is 304 g/mol. The van der Waals surface area contributed by atoms with Gasteiger partial charge in [0, 0.05) is 11.8 Å². The second-order valence-electron chi connectivity index (χ2n) is 4.80. The first-order valence-electron chi connectivity index (χ1n) is 7.67. The van der Waals surface area contributed by atoms with Gasteiger partial charge in [-0.25, -0.2) is 0 Å². The minimum atomic E-state index is -0.0235. The lowest BCUT2D eigenvalue weighted by Gasteiger charge is -2.04. The predicted octanol–water partition coefficient (Wildman–Crippen LogP) is 5.40. The van der Waals surface area contributed by atoms with Crippen molar-refractivity contribution in [1.29, 1.82) is 0 Å². The van der Waals surface area contributed by atoms with E-state index >= 15 is 0 Å². The van der Waals surface area contributed by atoms with Crippen molar-refractivity contribution in [3.05, 3.63) is 12.2 Å². The standard InChI is InChI=1S/C16H29BrO2/c1-2-3-4-5-9-12-15-19-16(18)13-10-7-6-8-11-14-17/h3-4H,2,5-15H2,1H3/b4-3-. The molecule has 0 aliphatic heterocycles. The van der Waals surface area contributed by atoms with E-state index in [1.54, 1.807) is 0 Å². The summed E-state index contributed by atoms with van der Waals surface area (Å²) in [5.74, 6) is -0.0235. The Kier molecular flexibility index (Phi) is 15.5. The normalized spacial score (nSPS) is 11.1. The molecule has 0 amide bonds. The van der Waals surface area contributed by atoms with Crippen LogP contribution in [0.15, 0.2) is 12.2 Å². The molecule has 0 aliphatic carbocycles. The van der Waals surface area contributed by atoms with Gasteiger partial charge in [0.05, 0.1) is 6.61 Å². The van der Waals surface area contributed by atoms with Crippen molar-refractivity contribution >= 4 is 21.9 Å². The van der Waals surface area contributed by atoms with E-state index in [1.807, 2.05) is 0 Å². The van der Waals surface area contributed by atoms with Crippen LogP contribution in [0.4, 0.5) is 0 Å². The van der Waals surface area contributed by atoms with Gasteiger partial charge < -0.3 is 4.74 Å². The van der Waals surface area contributed by atoms with Crippen LogP contribution in [-0.2, 0) is 9.53 Å². The third kappa shape index (κ3) is 15.6.